The average molecular weight is 332 g/mol. The van der Waals surface area contributed by atoms with Crippen molar-refractivity contribution < 1.29 is 19.2 Å². The Balaban J connectivity index is 1.92. The first kappa shape index (κ1) is 18.1. The Hall–Kier alpha value is -2.26. The maximum Gasteiger partial charge on any atom is 0.276 e. The molecule has 0 radical (unpaired) electrons. The molecular weight excluding hydrogens is 306 g/mol. The highest BCUT2D eigenvalue weighted by atomic mass is 16.5. The number of quaternary nitrogens is 1. The Labute approximate surface area is 143 Å². The van der Waals surface area contributed by atoms with Crippen molar-refractivity contribution in [3.63, 3.8) is 0 Å². The summed E-state index contributed by atoms with van der Waals surface area (Å²) in [7, 11) is 5.16. The fourth-order valence-electron chi connectivity index (χ4n) is 2.89. The SMILES string of the molecule is COc1ccc(C[NH+](C)CC(=O)N[C@](C)(C#N)C2CC2)cc1OC. The summed E-state index contributed by atoms with van der Waals surface area (Å²) in [6.07, 6.45) is 2.03. The lowest BCUT2D eigenvalue weighted by molar-refractivity contribution is -0.885. The molecule has 1 aromatic rings. The quantitative estimate of drug-likeness (QED) is 0.728. The van der Waals surface area contributed by atoms with Crippen molar-refractivity contribution in [2.24, 2.45) is 5.92 Å². The van der Waals surface area contributed by atoms with Crippen molar-refractivity contribution in [2.45, 2.75) is 31.8 Å². The first-order valence-electron chi connectivity index (χ1n) is 8.16. The minimum atomic E-state index is -0.735. The highest BCUT2D eigenvalue weighted by Crippen LogP contribution is 2.39. The van der Waals surface area contributed by atoms with Gasteiger partial charge in [0.2, 0.25) is 0 Å². The Morgan fingerprint density at radius 1 is 1.38 bits per heavy atom. The van der Waals surface area contributed by atoms with Crippen molar-refractivity contribution >= 4 is 5.91 Å². The highest BCUT2D eigenvalue weighted by molar-refractivity contribution is 5.78. The van der Waals surface area contributed by atoms with Crippen LogP contribution < -0.4 is 19.7 Å². The molecule has 0 saturated heterocycles. The summed E-state index contributed by atoms with van der Waals surface area (Å²) >= 11 is 0. The number of carbonyl (C=O) groups excluding carboxylic acids is 1. The minimum Gasteiger partial charge on any atom is -0.493 e. The van der Waals surface area contributed by atoms with Crippen LogP contribution in [0, 0.1) is 17.2 Å². The molecule has 0 aromatic heterocycles. The van der Waals surface area contributed by atoms with E-state index in [9.17, 15) is 10.1 Å². The van der Waals surface area contributed by atoms with E-state index in [0.29, 0.717) is 24.6 Å². The van der Waals surface area contributed by atoms with E-state index < -0.39 is 5.54 Å². The number of amides is 1. The van der Waals surface area contributed by atoms with E-state index in [1.54, 1.807) is 14.2 Å². The zero-order chi connectivity index (χ0) is 17.7. The van der Waals surface area contributed by atoms with Gasteiger partial charge in [-0.05, 0) is 43.9 Å². The zero-order valence-electron chi connectivity index (χ0n) is 14.8. The van der Waals surface area contributed by atoms with Crippen LogP contribution in [0.5, 0.6) is 11.5 Å². The van der Waals surface area contributed by atoms with Crippen LogP contribution in [0.2, 0.25) is 0 Å². The second-order valence-corrected chi connectivity index (χ2v) is 6.64. The fourth-order valence-corrected chi connectivity index (χ4v) is 2.89. The molecule has 2 N–H and O–H groups in total. The topological polar surface area (TPSA) is 75.8 Å². The highest BCUT2D eigenvalue weighted by Gasteiger charge is 2.43. The zero-order valence-corrected chi connectivity index (χ0v) is 14.8. The second-order valence-electron chi connectivity index (χ2n) is 6.64. The standard InChI is InChI=1S/C18H25N3O3/c1-18(12-19,14-6-7-14)20-17(22)11-21(2)10-13-5-8-15(23-3)16(9-13)24-4/h5,8-9,14H,6-7,10-11H2,1-4H3,(H,20,22)/p+1/t18-/m1/s1. The first-order chi connectivity index (χ1) is 11.4. The Morgan fingerprint density at radius 2 is 2.04 bits per heavy atom. The van der Waals surface area contributed by atoms with Gasteiger partial charge in [-0.25, -0.2) is 0 Å². The summed E-state index contributed by atoms with van der Waals surface area (Å²) in [4.78, 5) is 13.3. The molecule has 6 nitrogen and oxygen atoms in total. The van der Waals surface area contributed by atoms with Crippen LogP contribution in [-0.2, 0) is 11.3 Å². The van der Waals surface area contributed by atoms with Crippen LogP contribution in [0.4, 0.5) is 0 Å². The van der Waals surface area contributed by atoms with E-state index in [2.05, 4.69) is 11.4 Å². The van der Waals surface area contributed by atoms with E-state index in [4.69, 9.17) is 9.47 Å². The molecule has 1 saturated carbocycles. The number of ether oxygens (including phenoxy) is 2. The summed E-state index contributed by atoms with van der Waals surface area (Å²) in [6.45, 7) is 2.81. The molecule has 130 valence electrons. The molecule has 1 aliphatic carbocycles. The van der Waals surface area contributed by atoms with Gasteiger partial charge in [-0.1, -0.05) is 0 Å². The van der Waals surface area contributed by atoms with Gasteiger partial charge in [0, 0.05) is 5.56 Å². The van der Waals surface area contributed by atoms with Gasteiger partial charge in [0.05, 0.1) is 27.3 Å². The molecule has 24 heavy (non-hydrogen) atoms. The third-order valence-electron chi connectivity index (χ3n) is 4.44. The van der Waals surface area contributed by atoms with Crippen molar-refractivity contribution in [1.82, 2.24) is 5.32 Å². The monoisotopic (exact) mass is 332 g/mol. The summed E-state index contributed by atoms with van der Waals surface area (Å²) < 4.78 is 10.5. The number of nitrogens with zero attached hydrogens (tertiary/aromatic N) is 1. The van der Waals surface area contributed by atoms with Gasteiger partial charge in [-0.3, -0.25) is 4.79 Å². The molecule has 1 unspecified atom stereocenters. The third kappa shape index (κ3) is 4.39. The molecule has 0 heterocycles. The van der Waals surface area contributed by atoms with E-state index >= 15 is 0 Å². The predicted octanol–water partition coefficient (Wildman–Crippen LogP) is 0.527. The maximum absolute atomic E-state index is 12.2. The Bertz CT molecular complexity index is 637. The van der Waals surface area contributed by atoms with Crippen LogP contribution in [0.25, 0.3) is 0 Å². The van der Waals surface area contributed by atoms with Gasteiger partial charge in [0.25, 0.3) is 5.91 Å². The van der Waals surface area contributed by atoms with Gasteiger partial charge in [-0.15, -0.1) is 0 Å². The number of nitrogens with one attached hydrogen (secondary N) is 2. The molecular formula is C18H26N3O3+. The van der Waals surface area contributed by atoms with Gasteiger partial charge < -0.3 is 19.7 Å². The van der Waals surface area contributed by atoms with E-state index in [1.807, 2.05) is 32.2 Å². The normalized spacial score (nSPS) is 17.3. The van der Waals surface area contributed by atoms with Crippen LogP contribution in [0.3, 0.4) is 0 Å². The van der Waals surface area contributed by atoms with Gasteiger partial charge in [0.1, 0.15) is 12.1 Å². The van der Waals surface area contributed by atoms with Crippen molar-refractivity contribution in [1.29, 1.82) is 5.26 Å². The average Bonchev–Trinajstić information content (AvgIpc) is 3.39. The second kappa shape index (κ2) is 7.54. The molecule has 1 aromatic carbocycles. The fraction of sp³-hybridized carbons (Fsp3) is 0.556. The van der Waals surface area contributed by atoms with E-state index in [1.165, 1.54) is 0 Å². The molecule has 2 atom stereocenters. The Morgan fingerprint density at radius 3 is 2.58 bits per heavy atom. The number of benzene rings is 1. The number of rotatable bonds is 8. The van der Waals surface area contributed by atoms with Crippen molar-refractivity contribution in [3.05, 3.63) is 23.8 Å². The number of methoxy groups -OCH3 is 2. The van der Waals surface area contributed by atoms with Crippen molar-refractivity contribution in [3.8, 4) is 17.6 Å². The van der Waals surface area contributed by atoms with Crippen LogP contribution in [-0.4, -0.2) is 39.3 Å². The third-order valence-corrected chi connectivity index (χ3v) is 4.44. The first-order valence-corrected chi connectivity index (χ1v) is 8.16. The number of carbonyl (C=O) groups is 1. The smallest absolute Gasteiger partial charge is 0.276 e. The summed E-state index contributed by atoms with van der Waals surface area (Å²) in [5, 5.41) is 12.2. The Kier molecular flexibility index (Phi) is 5.68. The maximum atomic E-state index is 12.2. The molecule has 2 rings (SSSR count). The lowest BCUT2D eigenvalue weighted by Gasteiger charge is -2.23. The van der Waals surface area contributed by atoms with Crippen molar-refractivity contribution in [2.75, 3.05) is 27.8 Å². The molecule has 0 spiro atoms. The van der Waals surface area contributed by atoms with E-state index in [0.717, 1.165) is 23.3 Å². The lowest BCUT2D eigenvalue weighted by Crippen LogP contribution is -3.09. The number of likely N-dealkylation sites (N-methyl/N-ethyl adjacent to an activating group) is 1. The molecule has 1 amide bonds. The summed E-state index contributed by atoms with van der Waals surface area (Å²) in [6, 6.07) is 8.00. The van der Waals surface area contributed by atoms with Crippen LogP contribution in [0.1, 0.15) is 25.3 Å². The van der Waals surface area contributed by atoms with Gasteiger partial charge >= 0.3 is 0 Å². The molecule has 6 heteroatoms. The predicted molar refractivity (Wildman–Crippen MR) is 89.9 cm³/mol. The van der Waals surface area contributed by atoms with Crippen LogP contribution in [0.15, 0.2) is 18.2 Å². The lowest BCUT2D eigenvalue weighted by atomic mass is 9.98. The number of hydrogen-bond acceptors (Lipinski definition) is 4. The van der Waals surface area contributed by atoms with E-state index in [-0.39, 0.29) is 11.8 Å². The number of nitriles is 1. The van der Waals surface area contributed by atoms with Gasteiger partial charge in [-0.2, -0.15) is 5.26 Å². The minimum absolute atomic E-state index is 0.0936. The summed E-state index contributed by atoms with van der Waals surface area (Å²) in [5.41, 5.74) is 0.323. The molecule has 0 bridgehead atoms. The largest absolute Gasteiger partial charge is 0.493 e. The summed E-state index contributed by atoms with van der Waals surface area (Å²) in [5.74, 6) is 1.56. The molecule has 1 fully saturated rings. The molecule has 1 aliphatic rings. The van der Waals surface area contributed by atoms with Crippen LogP contribution >= 0.6 is 0 Å². The molecule has 0 aliphatic heterocycles. The number of hydrogen-bond donors (Lipinski definition) is 2. The van der Waals surface area contributed by atoms with Gasteiger partial charge in [0.15, 0.2) is 18.0 Å².